The highest BCUT2D eigenvalue weighted by Crippen LogP contribution is 2.35. The molecule has 0 spiro atoms. The smallest absolute Gasteiger partial charge is 0.259 e. The Morgan fingerprint density at radius 3 is 2.64 bits per heavy atom. The van der Waals surface area contributed by atoms with Crippen LogP contribution >= 0.6 is 11.6 Å². The fraction of sp³-hybridized carbons (Fsp3) is 0.0476. The molecule has 0 atom stereocenters. The summed E-state index contributed by atoms with van der Waals surface area (Å²) in [5, 5.41) is 12.1. The van der Waals surface area contributed by atoms with Gasteiger partial charge in [-0.3, -0.25) is 4.79 Å². The van der Waals surface area contributed by atoms with Gasteiger partial charge in [-0.15, -0.1) is 0 Å². The molecule has 0 bridgehead atoms. The van der Waals surface area contributed by atoms with Crippen LogP contribution in [0.3, 0.4) is 0 Å². The maximum Gasteiger partial charge on any atom is 0.259 e. The zero-order chi connectivity index (χ0) is 20.1. The average Bonchev–Trinajstić information content (AvgIpc) is 2.69. The number of rotatable bonds is 5. The summed E-state index contributed by atoms with van der Waals surface area (Å²) < 4.78 is 24.3. The molecule has 3 rings (SSSR count). The molecule has 0 saturated heterocycles. The number of carbonyl (C=O) groups excluding carboxylic acids is 1. The van der Waals surface area contributed by atoms with E-state index in [9.17, 15) is 9.18 Å². The Hall–Kier alpha value is -3.56. The van der Waals surface area contributed by atoms with Gasteiger partial charge in [-0.2, -0.15) is 5.26 Å². The van der Waals surface area contributed by atoms with E-state index in [0.717, 1.165) is 0 Å². The fourth-order valence-electron chi connectivity index (χ4n) is 2.48. The lowest BCUT2D eigenvalue weighted by atomic mass is 10.1. The Balaban J connectivity index is 1.92. The van der Waals surface area contributed by atoms with Crippen molar-refractivity contribution in [3.05, 3.63) is 82.6 Å². The van der Waals surface area contributed by atoms with Gasteiger partial charge in [-0.1, -0.05) is 17.7 Å². The number of carbonyl (C=O) groups is 1. The zero-order valence-corrected chi connectivity index (χ0v) is 15.5. The monoisotopic (exact) mass is 396 g/mol. The molecule has 0 heterocycles. The highest BCUT2D eigenvalue weighted by molar-refractivity contribution is 6.31. The van der Waals surface area contributed by atoms with Gasteiger partial charge in [-0.05, 0) is 42.5 Å². The van der Waals surface area contributed by atoms with E-state index in [1.807, 2.05) is 6.07 Å². The number of hydrogen-bond donors (Lipinski definition) is 1. The van der Waals surface area contributed by atoms with Crippen molar-refractivity contribution in [2.24, 2.45) is 0 Å². The molecule has 3 aromatic carbocycles. The predicted molar refractivity (Wildman–Crippen MR) is 104 cm³/mol. The number of hydrogen-bond acceptors (Lipinski definition) is 4. The number of amides is 1. The van der Waals surface area contributed by atoms with Crippen LogP contribution in [-0.2, 0) is 0 Å². The molecule has 3 aromatic rings. The van der Waals surface area contributed by atoms with Crippen molar-refractivity contribution in [1.29, 1.82) is 5.26 Å². The lowest BCUT2D eigenvalue weighted by Gasteiger charge is -2.14. The highest BCUT2D eigenvalue weighted by Gasteiger charge is 2.16. The van der Waals surface area contributed by atoms with Crippen LogP contribution in [-0.4, -0.2) is 13.0 Å². The quantitative estimate of drug-likeness (QED) is 0.626. The first-order valence-corrected chi connectivity index (χ1v) is 8.50. The number of nitrogens with zero attached hydrogens (tertiary/aromatic N) is 1. The van der Waals surface area contributed by atoms with E-state index in [4.69, 9.17) is 26.3 Å². The molecule has 0 aliphatic carbocycles. The number of nitriles is 1. The minimum absolute atomic E-state index is 0.173. The summed E-state index contributed by atoms with van der Waals surface area (Å²) >= 11 is 6.05. The van der Waals surface area contributed by atoms with Gasteiger partial charge in [-0.25, -0.2) is 4.39 Å². The number of benzene rings is 3. The summed E-state index contributed by atoms with van der Waals surface area (Å²) in [5.74, 6) is -0.362. The minimum Gasteiger partial charge on any atom is -0.493 e. The van der Waals surface area contributed by atoms with E-state index < -0.39 is 11.7 Å². The van der Waals surface area contributed by atoms with Gasteiger partial charge in [0.1, 0.15) is 11.6 Å². The average molecular weight is 397 g/mol. The van der Waals surface area contributed by atoms with Gasteiger partial charge in [0.05, 0.1) is 24.3 Å². The number of ether oxygens (including phenoxy) is 2. The van der Waals surface area contributed by atoms with Gasteiger partial charge in [0.15, 0.2) is 11.5 Å². The van der Waals surface area contributed by atoms with E-state index in [0.29, 0.717) is 16.3 Å². The molecule has 0 fully saturated rings. The Kier molecular flexibility index (Phi) is 5.78. The minimum atomic E-state index is -0.481. The summed E-state index contributed by atoms with van der Waals surface area (Å²) in [6.07, 6.45) is 0. The molecule has 5 nitrogen and oxygen atoms in total. The van der Waals surface area contributed by atoms with Crippen molar-refractivity contribution >= 4 is 23.2 Å². The van der Waals surface area contributed by atoms with Gasteiger partial charge in [0, 0.05) is 22.8 Å². The topological polar surface area (TPSA) is 71.3 Å². The second kappa shape index (κ2) is 8.42. The molecule has 0 aliphatic heterocycles. The molecule has 0 radical (unpaired) electrons. The standard InChI is InChI=1S/C21H14ClFN2O3/c1-27-20-11-15(23)6-8-18(20)28-19-10-14(22)5-7-17(19)21(26)25-16-4-2-3-13(9-16)12-24/h2-11H,1H3,(H,25,26). The molecule has 28 heavy (non-hydrogen) atoms. The highest BCUT2D eigenvalue weighted by atomic mass is 35.5. The van der Waals surface area contributed by atoms with Crippen LogP contribution in [0, 0.1) is 17.1 Å². The van der Waals surface area contributed by atoms with E-state index in [1.165, 1.54) is 37.4 Å². The molecule has 140 valence electrons. The first-order valence-electron chi connectivity index (χ1n) is 8.12. The molecule has 0 aliphatic rings. The Labute approximate surface area is 165 Å². The van der Waals surface area contributed by atoms with Gasteiger partial charge < -0.3 is 14.8 Å². The van der Waals surface area contributed by atoms with Crippen molar-refractivity contribution in [2.75, 3.05) is 12.4 Å². The number of anilines is 1. The third-order valence-corrected chi connectivity index (χ3v) is 4.02. The molecule has 0 unspecified atom stereocenters. The third kappa shape index (κ3) is 4.40. The van der Waals surface area contributed by atoms with Gasteiger partial charge >= 0.3 is 0 Å². The summed E-state index contributed by atoms with van der Waals surface area (Å²) in [4.78, 5) is 12.7. The SMILES string of the molecule is COc1cc(F)ccc1Oc1cc(Cl)ccc1C(=O)Nc1cccc(C#N)c1. The van der Waals surface area contributed by atoms with Crippen molar-refractivity contribution in [3.63, 3.8) is 0 Å². The molecular formula is C21H14ClFN2O3. The summed E-state index contributed by atoms with van der Waals surface area (Å²) in [6.45, 7) is 0. The van der Waals surface area contributed by atoms with E-state index >= 15 is 0 Å². The van der Waals surface area contributed by atoms with Crippen LogP contribution in [0.25, 0.3) is 0 Å². The summed E-state index contributed by atoms with van der Waals surface area (Å²) in [6, 6.07) is 16.9. The van der Waals surface area contributed by atoms with Crippen molar-refractivity contribution in [2.45, 2.75) is 0 Å². The zero-order valence-electron chi connectivity index (χ0n) is 14.7. The van der Waals surface area contributed by atoms with Crippen molar-refractivity contribution in [1.82, 2.24) is 0 Å². The van der Waals surface area contributed by atoms with Gasteiger partial charge in [0.25, 0.3) is 5.91 Å². The van der Waals surface area contributed by atoms with E-state index in [-0.39, 0.29) is 22.8 Å². The largest absolute Gasteiger partial charge is 0.493 e. The van der Waals surface area contributed by atoms with Crippen LogP contribution < -0.4 is 14.8 Å². The maximum absolute atomic E-state index is 13.4. The lowest BCUT2D eigenvalue weighted by Crippen LogP contribution is -2.13. The van der Waals surface area contributed by atoms with Gasteiger partial charge in [0.2, 0.25) is 0 Å². The Morgan fingerprint density at radius 1 is 1.07 bits per heavy atom. The number of nitrogens with one attached hydrogen (secondary N) is 1. The van der Waals surface area contributed by atoms with E-state index in [1.54, 1.807) is 30.3 Å². The van der Waals surface area contributed by atoms with Crippen LogP contribution in [0.5, 0.6) is 17.2 Å². The molecule has 1 amide bonds. The van der Waals surface area contributed by atoms with Crippen LogP contribution in [0.4, 0.5) is 10.1 Å². The maximum atomic E-state index is 13.4. The van der Waals surface area contributed by atoms with Crippen LogP contribution in [0.2, 0.25) is 5.02 Å². The molecule has 0 aromatic heterocycles. The predicted octanol–water partition coefficient (Wildman–Crippen LogP) is 5.40. The number of methoxy groups -OCH3 is 1. The third-order valence-electron chi connectivity index (χ3n) is 3.78. The molecular weight excluding hydrogens is 383 g/mol. The lowest BCUT2D eigenvalue weighted by molar-refractivity contribution is 0.102. The van der Waals surface area contributed by atoms with Crippen LogP contribution in [0.15, 0.2) is 60.7 Å². The number of halogens is 2. The van der Waals surface area contributed by atoms with Crippen molar-refractivity contribution < 1.29 is 18.7 Å². The second-order valence-corrected chi connectivity index (χ2v) is 6.12. The summed E-state index contributed by atoms with van der Waals surface area (Å²) in [5.41, 5.74) is 1.09. The second-order valence-electron chi connectivity index (χ2n) is 5.68. The van der Waals surface area contributed by atoms with Crippen LogP contribution in [0.1, 0.15) is 15.9 Å². The molecule has 7 heteroatoms. The molecule has 0 saturated carbocycles. The Bertz CT molecular complexity index is 1080. The molecule has 1 N–H and O–H groups in total. The first-order chi connectivity index (χ1) is 13.5. The summed E-state index contributed by atoms with van der Waals surface area (Å²) in [7, 11) is 1.38. The fourth-order valence-corrected chi connectivity index (χ4v) is 2.64. The van der Waals surface area contributed by atoms with Crippen molar-refractivity contribution in [3.8, 4) is 23.3 Å². The normalized spacial score (nSPS) is 10.1. The van der Waals surface area contributed by atoms with E-state index in [2.05, 4.69) is 5.32 Å². The first kappa shape index (κ1) is 19.2. The Morgan fingerprint density at radius 2 is 1.89 bits per heavy atom.